The van der Waals surface area contributed by atoms with E-state index in [9.17, 15) is 0 Å². The second kappa shape index (κ2) is 4.92. The maximum atomic E-state index is 6.86. The Hall–Kier alpha value is -2.81. The zero-order valence-corrected chi connectivity index (χ0v) is 15.7. The van der Waals surface area contributed by atoms with Gasteiger partial charge in [-0.1, -0.05) is 48.5 Å². The molecule has 0 aliphatic carbocycles. The summed E-state index contributed by atoms with van der Waals surface area (Å²) in [6.07, 6.45) is 4.36. The maximum absolute atomic E-state index is 6.86. The van der Waals surface area contributed by atoms with Crippen molar-refractivity contribution in [1.29, 1.82) is 0 Å². The summed E-state index contributed by atoms with van der Waals surface area (Å²) in [4.78, 5) is 7.46. The fraction of sp³-hybridized carbons (Fsp3) is 0.292. The Morgan fingerprint density at radius 3 is 2.81 bits per heavy atom. The molecule has 0 saturated heterocycles. The highest BCUT2D eigenvalue weighted by molar-refractivity contribution is 6.00. The average molecular weight is 354 g/mol. The number of rotatable bonds is 0. The van der Waals surface area contributed by atoms with E-state index in [-0.39, 0.29) is 5.41 Å². The topological polar surface area (TPSA) is 24.8 Å². The molecular formula is C24H22N2O. The van der Waals surface area contributed by atoms with Crippen molar-refractivity contribution in [3.8, 4) is 5.75 Å². The SMILES string of the molecule is CC1(C)c2cccc3c2N(CCC3)[C@@]12C=Nc1c(ccc3ccccc13)O2. The molecule has 3 aliphatic heterocycles. The summed E-state index contributed by atoms with van der Waals surface area (Å²) in [5.41, 5.74) is 4.36. The Bertz CT molecular complexity index is 1130. The number of para-hydroxylation sites is 1. The zero-order valence-electron chi connectivity index (χ0n) is 15.7. The van der Waals surface area contributed by atoms with Crippen molar-refractivity contribution in [3.63, 3.8) is 0 Å². The fourth-order valence-electron chi connectivity index (χ4n) is 5.23. The van der Waals surface area contributed by atoms with Gasteiger partial charge in [0.15, 0.2) is 0 Å². The van der Waals surface area contributed by atoms with Crippen molar-refractivity contribution in [2.75, 3.05) is 11.4 Å². The van der Waals surface area contributed by atoms with Gasteiger partial charge in [0, 0.05) is 17.6 Å². The highest BCUT2D eigenvalue weighted by Crippen LogP contribution is 2.56. The Labute approximate surface area is 159 Å². The molecule has 0 unspecified atom stereocenters. The van der Waals surface area contributed by atoms with Gasteiger partial charge in [0.2, 0.25) is 5.72 Å². The van der Waals surface area contributed by atoms with E-state index in [4.69, 9.17) is 9.73 Å². The standard InChI is InChI=1S/C24H22N2O/c1-23(2)19-11-5-8-17-9-6-14-26(22(17)19)24(23)15-25-21-18-10-4-3-7-16(18)12-13-20(21)27-24/h3-5,7-8,10-13,15H,6,9,14H2,1-2H3/t24-/m1/s1. The first-order valence-corrected chi connectivity index (χ1v) is 9.78. The Morgan fingerprint density at radius 2 is 1.89 bits per heavy atom. The van der Waals surface area contributed by atoms with Crippen LogP contribution in [0.3, 0.4) is 0 Å². The summed E-state index contributed by atoms with van der Waals surface area (Å²) in [7, 11) is 0. The largest absolute Gasteiger partial charge is 0.459 e. The summed E-state index contributed by atoms with van der Waals surface area (Å²) in [6, 6.07) is 19.3. The molecule has 0 radical (unpaired) electrons. The van der Waals surface area contributed by atoms with Gasteiger partial charge in [-0.3, -0.25) is 4.99 Å². The summed E-state index contributed by atoms with van der Waals surface area (Å²) < 4.78 is 6.86. The molecular weight excluding hydrogens is 332 g/mol. The number of benzene rings is 3. The Balaban J connectivity index is 1.58. The first kappa shape index (κ1) is 15.3. The van der Waals surface area contributed by atoms with Crippen molar-refractivity contribution < 1.29 is 4.74 Å². The van der Waals surface area contributed by atoms with Crippen LogP contribution in [-0.2, 0) is 11.8 Å². The Kier molecular flexibility index (Phi) is 2.78. The van der Waals surface area contributed by atoms with Crippen LogP contribution in [0.1, 0.15) is 31.4 Å². The molecule has 3 heteroatoms. The second-order valence-corrected chi connectivity index (χ2v) is 8.38. The molecule has 3 aromatic carbocycles. The average Bonchev–Trinajstić information content (AvgIpc) is 2.88. The molecule has 0 fully saturated rings. The van der Waals surface area contributed by atoms with Crippen LogP contribution < -0.4 is 9.64 Å². The molecule has 3 nitrogen and oxygen atoms in total. The van der Waals surface area contributed by atoms with Gasteiger partial charge < -0.3 is 9.64 Å². The lowest BCUT2D eigenvalue weighted by atomic mass is 9.77. The number of aliphatic imine (C=N–C) groups is 1. The van der Waals surface area contributed by atoms with Crippen LogP contribution in [0, 0.1) is 0 Å². The number of fused-ring (bicyclic) bond motifs is 4. The molecule has 0 N–H and O–H groups in total. The molecule has 1 spiro atoms. The molecule has 0 aromatic heterocycles. The third-order valence-electron chi connectivity index (χ3n) is 6.68. The number of hydrogen-bond acceptors (Lipinski definition) is 3. The van der Waals surface area contributed by atoms with Crippen LogP contribution >= 0.6 is 0 Å². The predicted octanol–water partition coefficient (Wildman–Crippen LogP) is 5.37. The smallest absolute Gasteiger partial charge is 0.228 e. The van der Waals surface area contributed by atoms with Crippen molar-refractivity contribution in [2.45, 2.75) is 37.8 Å². The van der Waals surface area contributed by atoms with Crippen LogP contribution in [0.25, 0.3) is 10.8 Å². The monoisotopic (exact) mass is 354 g/mol. The lowest BCUT2D eigenvalue weighted by molar-refractivity contribution is 0.0770. The fourth-order valence-corrected chi connectivity index (χ4v) is 5.23. The van der Waals surface area contributed by atoms with Crippen molar-refractivity contribution >= 4 is 28.4 Å². The third kappa shape index (κ3) is 1.75. The highest BCUT2D eigenvalue weighted by Gasteiger charge is 2.60. The van der Waals surface area contributed by atoms with Gasteiger partial charge in [0.1, 0.15) is 11.4 Å². The van der Waals surface area contributed by atoms with Gasteiger partial charge in [0.25, 0.3) is 0 Å². The molecule has 3 heterocycles. The number of aryl methyl sites for hydroxylation is 1. The first-order valence-electron chi connectivity index (χ1n) is 9.78. The summed E-state index contributed by atoms with van der Waals surface area (Å²) in [5, 5.41) is 2.34. The molecule has 3 aliphatic rings. The van der Waals surface area contributed by atoms with E-state index < -0.39 is 5.72 Å². The van der Waals surface area contributed by atoms with Crippen molar-refractivity contribution in [2.24, 2.45) is 4.99 Å². The number of anilines is 1. The molecule has 3 aromatic rings. The van der Waals surface area contributed by atoms with Gasteiger partial charge >= 0.3 is 0 Å². The summed E-state index contributed by atoms with van der Waals surface area (Å²) >= 11 is 0. The van der Waals surface area contributed by atoms with E-state index in [1.807, 2.05) is 0 Å². The predicted molar refractivity (Wildman–Crippen MR) is 111 cm³/mol. The molecule has 0 saturated carbocycles. The number of hydrogen-bond donors (Lipinski definition) is 0. The van der Waals surface area contributed by atoms with E-state index in [1.165, 1.54) is 22.2 Å². The lowest BCUT2D eigenvalue weighted by Crippen LogP contribution is -2.62. The minimum atomic E-state index is -0.568. The molecule has 134 valence electrons. The van der Waals surface area contributed by atoms with Crippen LogP contribution in [0.5, 0.6) is 5.75 Å². The van der Waals surface area contributed by atoms with E-state index in [0.29, 0.717) is 0 Å². The minimum absolute atomic E-state index is 0.185. The number of nitrogens with zero attached hydrogens (tertiary/aromatic N) is 2. The summed E-state index contributed by atoms with van der Waals surface area (Å²) in [6.45, 7) is 5.58. The van der Waals surface area contributed by atoms with E-state index in [2.05, 4.69) is 79.6 Å². The van der Waals surface area contributed by atoms with Crippen molar-refractivity contribution in [1.82, 2.24) is 0 Å². The molecule has 6 rings (SSSR count). The van der Waals surface area contributed by atoms with E-state index in [0.717, 1.165) is 36.2 Å². The van der Waals surface area contributed by atoms with Crippen LogP contribution in [-0.4, -0.2) is 18.5 Å². The minimum Gasteiger partial charge on any atom is -0.459 e. The zero-order chi connectivity index (χ0) is 18.2. The van der Waals surface area contributed by atoms with Gasteiger partial charge in [-0.05, 0) is 49.3 Å². The van der Waals surface area contributed by atoms with Crippen LogP contribution in [0.2, 0.25) is 0 Å². The van der Waals surface area contributed by atoms with Crippen LogP contribution in [0.15, 0.2) is 59.6 Å². The molecule has 0 bridgehead atoms. The molecule has 1 atom stereocenters. The maximum Gasteiger partial charge on any atom is 0.228 e. The lowest BCUT2D eigenvalue weighted by Gasteiger charge is -2.47. The van der Waals surface area contributed by atoms with Gasteiger partial charge in [0.05, 0.1) is 11.6 Å². The second-order valence-electron chi connectivity index (χ2n) is 8.38. The van der Waals surface area contributed by atoms with Gasteiger partial charge in [-0.25, -0.2) is 0 Å². The number of ether oxygens (including phenoxy) is 1. The molecule has 0 amide bonds. The van der Waals surface area contributed by atoms with Gasteiger partial charge in [-0.2, -0.15) is 0 Å². The van der Waals surface area contributed by atoms with E-state index >= 15 is 0 Å². The molecule has 27 heavy (non-hydrogen) atoms. The first-order chi connectivity index (χ1) is 13.1. The van der Waals surface area contributed by atoms with Crippen molar-refractivity contribution in [3.05, 3.63) is 65.7 Å². The quantitative estimate of drug-likeness (QED) is 0.542. The highest BCUT2D eigenvalue weighted by atomic mass is 16.5. The van der Waals surface area contributed by atoms with E-state index in [1.54, 1.807) is 0 Å². The van der Waals surface area contributed by atoms with Crippen LogP contribution in [0.4, 0.5) is 11.4 Å². The van der Waals surface area contributed by atoms with Gasteiger partial charge in [-0.15, -0.1) is 0 Å². The normalized spacial score (nSPS) is 24.0. The Morgan fingerprint density at radius 1 is 1.00 bits per heavy atom. The summed E-state index contributed by atoms with van der Waals surface area (Å²) in [5.74, 6) is 0.879. The third-order valence-corrected chi connectivity index (χ3v) is 6.68.